The largest absolute Gasteiger partial charge is 0.465 e. The number of rotatable bonds is 6. The van der Waals surface area contributed by atoms with Crippen molar-refractivity contribution in [1.82, 2.24) is 0 Å². The number of carbonyl (C=O) groups is 2. The van der Waals surface area contributed by atoms with Crippen molar-refractivity contribution in [3.8, 4) is 0 Å². The number of hydrogen-bond donors (Lipinski definition) is 0. The van der Waals surface area contributed by atoms with Gasteiger partial charge in [0.05, 0.1) is 6.61 Å². The van der Waals surface area contributed by atoms with Gasteiger partial charge in [-0.15, -0.1) is 0 Å². The quantitative estimate of drug-likeness (QED) is 0.350. The van der Waals surface area contributed by atoms with Crippen molar-refractivity contribution in [3.05, 3.63) is 35.9 Å². The molecule has 0 amide bonds. The van der Waals surface area contributed by atoms with Crippen LogP contribution in [0.5, 0.6) is 0 Å². The van der Waals surface area contributed by atoms with E-state index < -0.39 is 10.3 Å². The molecular formula is C14H17BrO3. The molecule has 0 spiro atoms. The first-order chi connectivity index (χ1) is 8.56. The number of carbonyl (C=O) groups excluding carboxylic acids is 2. The molecule has 1 aromatic rings. The van der Waals surface area contributed by atoms with E-state index in [9.17, 15) is 9.59 Å². The molecule has 0 aliphatic heterocycles. The highest BCUT2D eigenvalue weighted by atomic mass is 79.9. The van der Waals surface area contributed by atoms with Gasteiger partial charge in [-0.2, -0.15) is 0 Å². The maximum atomic E-state index is 12.4. The van der Waals surface area contributed by atoms with Crippen LogP contribution < -0.4 is 0 Å². The fraction of sp³-hybridized carbons (Fsp3) is 0.429. The Hall–Kier alpha value is -1.16. The number of alkyl halides is 1. The maximum absolute atomic E-state index is 12.4. The summed E-state index contributed by atoms with van der Waals surface area (Å²) in [4.78, 5) is 24.4. The normalized spacial score (nSPS) is 13.7. The number of esters is 1. The second-order valence-electron chi connectivity index (χ2n) is 3.97. The second-order valence-corrected chi connectivity index (χ2v) is 5.32. The van der Waals surface area contributed by atoms with Gasteiger partial charge in [-0.1, -0.05) is 59.6 Å². The molecule has 98 valence electrons. The van der Waals surface area contributed by atoms with Crippen molar-refractivity contribution < 1.29 is 14.3 Å². The summed E-state index contributed by atoms with van der Waals surface area (Å²) in [6, 6.07) is 8.78. The van der Waals surface area contributed by atoms with Crippen molar-refractivity contribution in [2.24, 2.45) is 0 Å². The topological polar surface area (TPSA) is 43.4 Å². The molecule has 3 nitrogen and oxygen atoms in total. The highest BCUT2D eigenvalue weighted by Gasteiger charge is 2.44. The van der Waals surface area contributed by atoms with E-state index in [1.165, 1.54) is 0 Å². The van der Waals surface area contributed by atoms with Gasteiger partial charge in [0.25, 0.3) is 0 Å². The van der Waals surface area contributed by atoms with E-state index in [1.807, 2.05) is 13.0 Å². The van der Waals surface area contributed by atoms with Gasteiger partial charge in [-0.25, -0.2) is 0 Å². The zero-order valence-corrected chi connectivity index (χ0v) is 12.2. The van der Waals surface area contributed by atoms with E-state index in [-0.39, 0.29) is 12.4 Å². The SMILES string of the molecule is CCCC(Br)(C(=O)OCC)C(=O)c1ccccc1. The van der Waals surface area contributed by atoms with Gasteiger partial charge >= 0.3 is 5.97 Å². The Bertz CT molecular complexity index is 416. The first-order valence-electron chi connectivity index (χ1n) is 6.02. The molecule has 0 saturated carbocycles. The molecule has 0 N–H and O–H groups in total. The molecule has 0 heterocycles. The minimum atomic E-state index is -1.26. The Balaban J connectivity index is 3.04. The molecule has 0 radical (unpaired) electrons. The molecule has 0 bridgehead atoms. The van der Waals surface area contributed by atoms with Crippen molar-refractivity contribution in [1.29, 1.82) is 0 Å². The van der Waals surface area contributed by atoms with Crippen LogP contribution in [0.15, 0.2) is 30.3 Å². The first-order valence-corrected chi connectivity index (χ1v) is 6.81. The number of benzene rings is 1. The monoisotopic (exact) mass is 312 g/mol. The summed E-state index contributed by atoms with van der Waals surface area (Å²) in [5, 5.41) is 0. The Labute approximate surface area is 116 Å². The molecule has 0 aliphatic carbocycles. The van der Waals surface area contributed by atoms with E-state index in [0.29, 0.717) is 18.4 Å². The van der Waals surface area contributed by atoms with Crippen LogP contribution in [-0.2, 0) is 9.53 Å². The number of halogens is 1. The van der Waals surface area contributed by atoms with Gasteiger partial charge in [-0.05, 0) is 13.3 Å². The summed E-state index contributed by atoms with van der Waals surface area (Å²) in [5.74, 6) is -0.760. The molecule has 0 saturated heterocycles. The Morgan fingerprint density at radius 2 is 1.83 bits per heavy atom. The lowest BCUT2D eigenvalue weighted by Crippen LogP contribution is -2.42. The summed E-state index contributed by atoms with van der Waals surface area (Å²) in [5.41, 5.74) is 0.510. The average molecular weight is 313 g/mol. The number of Topliss-reactive ketones (excluding diaryl/α,β-unsaturated/α-hetero) is 1. The van der Waals surface area contributed by atoms with Crippen molar-refractivity contribution >= 4 is 27.7 Å². The molecule has 1 unspecified atom stereocenters. The van der Waals surface area contributed by atoms with Gasteiger partial charge in [0.2, 0.25) is 0 Å². The zero-order valence-electron chi connectivity index (χ0n) is 10.6. The lowest BCUT2D eigenvalue weighted by atomic mass is 9.93. The third-order valence-electron chi connectivity index (χ3n) is 2.59. The summed E-state index contributed by atoms with van der Waals surface area (Å²) in [7, 11) is 0. The summed E-state index contributed by atoms with van der Waals surface area (Å²) in [6.07, 6.45) is 1.13. The molecule has 4 heteroatoms. The lowest BCUT2D eigenvalue weighted by molar-refractivity contribution is -0.144. The summed E-state index contributed by atoms with van der Waals surface area (Å²) < 4.78 is 3.73. The first kappa shape index (κ1) is 14.9. The van der Waals surface area contributed by atoms with Crippen LogP contribution in [0.25, 0.3) is 0 Å². The lowest BCUT2D eigenvalue weighted by Gasteiger charge is -2.23. The highest BCUT2D eigenvalue weighted by molar-refractivity contribution is 9.10. The third-order valence-corrected chi connectivity index (χ3v) is 3.67. The Morgan fingerprint density at radius 3 is 2.33 bits per heavy atom. The fourth-order valence-electron chi connectivity index (χ4n) is 1.72. The molecule has 0 aliphatic rings. The summed E-state index contributed by atoms with van der Waals surface area (Å²) in [6.45, 7) is 3.91. The van der Waals surface area contributed by atoms with Crippen LogP contribution in [0.1, 0.15) is 37.0 Å². The molecule has 1 atom stereocenters. The van der Waals surface area contributed by atoms with Gasteiger partial charge < -0.3 is 4.74 Å². The van der Waals surface area contributed by atoms with E-state index in [2.05, 4.69) is 15.9 Å². The van der Waals surface area contributed by atoms with Gasteiger partial charge in [0, 0.05) is 5.56 Å². The zero-order chi connectivity index (χ0) is 13.6. The standard InChI is InChI=1S/C14H17BrO3/c1-3-10-14(15,13(17)18-4-2)12(16)11-8-6-5-7-9-11/h5-9H,3-4,10H2,1-2H3. The van der Waals surface area contributed by atoms with E-state index in [4.69, 9.17) is 4.74 Å². The van der Waals surface area contributed by atoms with Gasteiger partial charge in [0.15, 0.2) is 10.1 Å². The van der Waals surface area contributed by atoms with Gasteiger partial charge in [-0.3, -0.25) is 9.59 Å². The molecule has 1 aromatic carbocycles. The van der Waals surface area contributed by atoms with Gasteiger partial charge in [0.1, 0.15) is 0 Å². The fourth-order valence-corrected chi connectivity index (χ4v) is 2.46. The molecule has 0 fully saturated rings. The highest BCUT2D eigenvalue weighted by Crippen LogP contribution is 2.30. The number of ketones is 1. The second kappa shape index (κ2) is 6.69. The van der Waals surface area contributed by atoms with Crippen LogP contribution in [0, 0.1) is 0 Å². The van der Waals surface area contributed by atoms with Crippen molar-refractivity contribution in [2.75, 3.05) is 6.61 Å². The van der Waals surface area contributed by atoms with Crippen LogP contribution in [0.4, 0.5) is 0 Å². The van der Waals surface area contributed by atoms with Crippen LogP contribution in [0.3, 0.4) is 0 Å². The predicted molar refractivity (Wildman–Crippen MR) is 74.0 cm³/mol. The van der Waals surface area contributed by atoms with Crippen LogP contribution in [0.2, 0.25) is 0 Å². The summed E-state index contributed by atoms with van der Waals surface area (Å²) >= 11 is 3.29. The van der Waals surface area contributed by atoms with Crippen molar-refractivity contribution in [3.63, 3.8) is 0 Å². The van der Waals surface area contributed by atoms with E-state index in [0.717, 1.165) is 0 Å². The van der Waals surface area contributed by atoms with Crippen LogP contribution >= 0.6 is 15.9 Å². The van der Waals surface area contributed by atoms with E-state index >= 15 is 0 Å². The molecule has 0 aromatic heterocycles. The van der Waals surface area contributed by atoms with Crippen LogP contribution in [-0.4, -0.2) is 22.7 Å². The molecule has 18 heavy (non-hydrogen) atoms. The van der Waals surface area contributed by atoms with Crippen molar-refractivity contribution in [2.45, 2.75) is 31.0 Å². The van der Waals surface area contributed by atoms with E-state index in [1.54, 1.807) is 31.2 Å². The minimum Gasteiger partial charge on any atom is -0.465 e. The Morgan fingerprint density at radius 1 is 1.22 bits per heavy atom. The third kappa shape index (κ3) is 3.19. The predicted octanol–water partition coefficient (Wildman–Crippen LogP) is 3.37. The Kier molecular flexibility index (Phi) is 5.54. The average Bonchev–Trinajstić information content (AvgIpc) is 2.39. The smallest absolute Gasteiger partial charge is 0.330 e. The maximum Gasteiger partial charge on any atom is 0.330 e. The minimum absolute atomic E-state index is 0.247. The molecular weight excluding hydrogens is 296 g/mol. The number of hydrogen-bond acceptors (Lipinski definition) is 3. The number of ether oxygens (including phenoxy) is 1. The molecule has 1 rings (SSSR count).